The van der Waals surface area contributed by atoms with Crippen molar-refractivity contribution in [2.75, 3.05) is 19.5 Å². The van der Waals surface area contributed by atoms with Crippen molar-refractivity contribution >= 4 is 34.7 Å². The number of nitrogens with zero attached hydrogens (tertiary/aromatic N) is 2. The molecule has 1 atom stereocenters. The van der Waals surface area contributed by atoms with Crippen LogP contribution in [-0.2, 0) is 4.79 Å². The van der Waals surface area contributed by atoms with Crippen LogP contribution in [0.2, 0.25) is 0 Å². The molecule has 0 bridgehead atoms. The summed E-state index contributed by atoms with van der Waals surface area (Å²) in [5, 5.41) is 10.2. The molecule has 1 heterocycles. The average molecular weight is 325 g/mol. The van der Waals surface area contributed by atoms with E-state index in [2.05, 4.69) is 15.5 Å². The number of carbonyl (C=O) groups excluding carboxylic acids is 1. The lowest BCUT2D eigenvalue weighted by Gasteiger charge is -2.12. The number of aromatic nitrogens is 2. The van der Waals surface area contributed by atoms with Gasteiger partial charge < -0.3 is 14.8 Å². The van der Waals surface area contributed by atoms with Crippen LogP contribution < -0.4 is 14.8 Å². The van der Waals surface area contributed by atoms with Gasteiger partial charge in [0.1, 0.15) is 5.51 Å². The Kier molecular flexibility index (Phi) is 5.40. The van der Waals surface area contributed by atoms with E-state index in [-0.39, 0.29) is 11.2 Å². The van der Waals surface area contributed by atoms with Crippen molar-refractivity contribution in [2.45, 2.75) is 16.5 Å². The van der Waals surface area contributed by atoms with Crippen LogP contribution >= 0.6 is 23.1 Å². The molecule has 0 aliphatic carbocycles. The standard InChI is InChI=1S/C13H15N3O3S2/c1-8(21-13-16-14-7-20-13)12(17)15-9-4-5-10(18-2)11(6-9)19-3/h4-8H,1-3H3,(H,15,17). The third-order valence-electron chi connectivity index (χ3n) is 2.64. The highest BCUT2D eigenvalue weighted by atomic mass is 32.2. The number of nitrogens with one attached hydrogen (secondary N) is 1. The monoisotopic (exact) mass is 325 g/mol. The predicted molar refractivity (Wildman–Crippen MR) is 83.4 cm³/mol. The van der Waals surface area contributed by atoms with E-state index in [1.54, 1.807) is 37.9 Å². The van der Waals surface area contributed by atoms with Gasteiger partial charge in [0.05, 0.1) is 19.5 Å². The second kappa shape index (κ2) is 7.28. The molecule has 0 aliphatic rings. The van der Waals surface area contributed by atoms with Crippen LogP contribution in [0.25, 0.3) is 0 Å². The van der Waals surface area contributed by atoms with E-state index in [0.29, 0.717) is 17.2 Å². The maximum absolute atomic E-state index is 12.1. The first-order chi connectivity index (χ1) is 10.1. The Morgan fingerprint density at radius 2 is 2.10 bits per heavy atom. The van der Waals surface area contributed by atoms with Crippen LogP contribution in [0, 0.1) is 0 Å². The summed E-state index contributed by atoms with van der Waals surface area (Å²) in [6.45, 7) is 1.82. The molecule has 0 saturated heterocycles. The van der Waals surface area contributed by atoms with Crippen LogP contribution in [0.3, 0.4) is 0 Å². The fraction of sp³-hybridized carbons (Fsp3) is 0.308. The first kappa shape index (κ1) is 15.6. The molecule has 1 amide bonds. The Morgan fingerprint density at radius 3 is 2.71 bits per heavy atom. The van der Waals surface area contributed by atoms with Gasteiger partial charge in [0.25, 0.3) is 0 Å². The third kappa shape index (κ3) is 4.08. The molecule has 6 nitrogen and oxygen atoms in total. The minimum Gasteiger partial charge on any atom is -0.493 e. The number of hydrogen-bond acceptors (Lipinski definition) is 7. The zero-order valence-electron chi connectivity index (χ0n) is 11.8. The Hall–Kier alpha value is -1.80. The summed E-state index contributed by atoms with van der Waals surface area (Å²) in [7, 11) is 3.12. The quantitative estimate of drug-likeness (QED) is 0.823. The lowest BCUT2D eigenvalue weighted by atomic mass is 10.2. The minimum absolute atomic E-state index is 0.109. The predicted octanol–water partition coefficient (Wildman–Crippen LogP) is 2.67. The highest BCUT2D eigenvalue weighted by molar-refractivity contribution is 8.02. The number of benzene rings is 1. The molecule has 1 unspecified atom stereocenters. The van der Waals surface area contributed by atoms with Crippen molar-refractivity contribution in [3.8, 4) is 11.5 Å². The van der Waals surface area contributed by atoms with E-state index >= 15 is 0 Å². The van der Waals surface area contributed by atoms with Gasteiger partial charge >= 0.3 is 0 Å². The smallest absolute Gasteiger partial charge is 0.237 e. The van der Waals surface area contributed by atoms with Gasteiger partial charge in [-0.3, -0.25) is 4.79 Å². The Morgan fingerprint density at radius 1 is 1.33 bits per heavy atom. The summed E-state index contributed by atoms with van der Waals surface area (Å²) >= 11 is 2.78. The lowest BCUT2D eigenvalue weighted by molar-refractivity contribution is -0.115. The van der Waals surface area contributed by atoms with Crippen LogP contribution in [0.5, 0.6) is 11.5 Å². The Labute approximate surface area is 130 Å². The first-order valence-corrected chi connectivity index (χ1v) is 7.85. The fourth-order valence-electron chi connectivity index (χ4n) is 1.58. The molecule has 2 aromatic rings. The number of amides is 1. The fourth-order valence-corrected chi connectivity index (χ4v) is 3.20. The van der Waals surface area contributed by atoms with Gasteiger partial charge in [-0.15, -0.1) is 10.2 Å². The lowest BCUT2D eigenvalue weighted by Crippen LogP contribution is -2.22. The van der Waals surface area contributed by atoms with Crippen molar-refractivity contribution < 1.29 is 14.3 Å². The average Bonchev–Trinajstić information content (AvgIpc) is 2.99. The highest BCUT2D eigenvalue weighted by Crippen LogP contribution is 2.30. The number of rotatable bonds is 6. The topological polar surface area (TPSA) is 73.3 Å². The molecule has 0 saturated carbocycles. The number of anilines is 1. The first-order valence-electron chi connectivity index (χ1n) is 6.09. The summed E-state index contributed by atoms with van der Waals surface area (Å²) in [6, 6.07) is 5.23. The normalized spacial score (nSPS) is 11.8. The van der Waals surface area contributed by atoms with Gasteiger partial charge in [-0.05, 0) is 19.1 Å². The van der Waals surface area contributed by atoms with E-state index in [4.69, 9.17) is 9.47 Å². The van der Waals surface area contributed by atoms with E-state index in [0.717, 1.165) is 4.34 Å². The van der Waals surface area contributed by atoms with Gasteiger partial charge in [-0.2, -0.15) is 0 Å². The molecule has 0 spiro atoms. The molecule has 0 fully saturated rings. The third-order valence-corrected chi connectivity index (χ3v) is 4.55. The number of carbonyl (C=O) groups is 1. The number of ether oxygens (including phenoxy) is 2. The molecule has 8 heteroatoms. The summed E-state index contributed by atoms with van der Waals surface area (Å²) in [5.41, 5.74) is 2.30. The number of methoxy groups -OCH3 is 2. The molecule has 1 aromatic carbocycles. The zero-order valence-corrected chi connectivity index (χ0v) is 13.5. The summed E-state index contributed by atoms with van der Waals surface area (Å²) in [6.07, 6.45) is 0. The minimum atomic E-state index is -0.272. The molecule has 112 valence electrons. The molecule has 0 radical (unpaired) electrons. The Balaban J connectivity index is 2.01. The molecule has 2 rings (SSSR count). The molecule has 21 heavy (non-hydrogen) atoms. The van der Waals surface area contributed by atoms with Crippen LogP contribution in [0.15, 0.2) is 28.0 Å². The van der Waals surface area contributed by atoms with Crippen LogP contribution in [0.1, 0.15) is 6.92 Å². The van der Waals surface area contributed by atoms with Crippen LogP contribution in [0.4, 0.5) is 5.69 Å². The largest absolute Gasteiger partial charge is 0.493 e. The van der Waals surface area contributed by atoms with E-state index < -0.39 is 0 Å². The number of thioether (sulfide) groups is 1. The van der Waals surface area contributed by atoms with Crippen molar-refractivity contribution in [3.63, 3.8) is 0 Å². The SMILES string of the molecule is COc1ccc(NC(=O)C(C)Sc2nncs2)cc1OC. The van der Waals surface area contributed by atoms with E-state index in [1.807, 2.05) is 6.92 Å². The van der Waals surface area contributed by atoms with Crippen molar-refractivity contribution in [3.05, 3.63) is 23.7 Å². The Bertz CT molecular complexity index is 605. The van der Waals surface area contributed by atoms with Crippen LogP contribution in [-0.4, -0.2) is 35.6 Å². The van der Waals surface area contributed by atoms with E-state index in [1.165, 1.54) is 23.1 Å². The summed E-state index contributed by atoms with van der Waals surface area (Å²) in [5.74, 6) is 1.08. The van der Waals surface area contributed by atoms with Gasteiger partial charge in [0, 0.05) is 11.8 Å². The zero-order chi connectivity index (χ0) is 15.2. The second-order valence-electron chi connectivity index (χ2n) is 4.02. The number of hydrogen-bond donors (Lipinski definition) is 1. The maximum Gasteiger partial charge on any atom is 0.237 e. The van der Waals surface area contributed by atoms with Crippen molar-refractivity contribution in [1.82, 2.24) is 10.2 Å². The van der Waals surface area contributed by atoms with Gasteiger partial charge in [0.15, 0.2) is 15.8 Å². The molecular weight excluding hydrogens is 310 g/mol. The maximum atomic E-state index is 12.1. The molecule has 0 aliphatic heterocycles. The van der Waals surface area contributed by atoms with Crippen molar-refractivity contribution in [1.29, 1.82) is 0 Å². The van der Waals surface area contributed by atoms with Crippen molar-refractivity contribution in [2.24, 2.45) is 0 Å². The van der Waals surface area contributed by atoms with E-state index in [9.17, 15) is 4.79 Å². The van der Waals surface area contributed by atoms with Gasteiger partial charge in [0.2, 0.25) is 5.91 Å². The molecular formula is C13H15N3O3S2. The molecule has 1 N–H and O–H groups in total. The van der Waals surface area contributed by atoms with Gasteiger partial charge in [-0.25, -0.2) is 0 Å². The summed E-state index contributed by atoms with van der Waals surface area (Å²) < 4.78 is 11.1. The summed E-state index contributed by atoms with van der Waals surface area (Å²) in [4.78, 5) is 12.1. The second-order valence-corrected chi connectivity index (χ2v) is 6.44. The highest BCUT2D eigenvalue weighted by Gasteiger charge is 2.17. The van der Waals surface area contributed by atoms with Gasteiger partial charge in [-0.1, -0.05) is 23.1 Å². The molecule has 1 aromatic heterocycles.